The number of nitrogens with zero attached hydrogens (tertiary/aromatic N) is 1. The van der Waals surface area contributed by atoms with Crippen LogP contribution in [0.25, 0.3) is 0 Å². The third-order valence-corrected chi connectivity index (χ3v) is 4.94. The van der Waals surface area contributed by atoms with Gasteiger partial charge in [0.1, 0.15) is 5.75 Å². The lowest BCUT2D eigenvalue weighted by molar-refractivity contribution is -0.151. The normalized spacial score (nSPS) is 15.9. The summed E-state index contributed by atoms with van der Waals surface area (Å²) < 4.78 is 10.2. The highest BCUT2D eigenvalue weighted by molar-refractivity contribution is 6.35. The molecular formula is C20H18Cl2N2O5. The quantitative estimate of drug-likeness (QED) is 0.699. The molecule has 9 heteroatoms. The van der Waals surface area contributed by atoms with Crippen LogP contribution in [-0.4, -0.2) is 38.0 Å². The van der Waals surface area contributed by atoms with E-state index >= 15 is 0 Å². The number of hydrogen-bond acceptors (Lipinski definition) is 5. The van der Waals surface area contributed by atoms with Gasteiger partial charge in [0.25, 0.3) is 5.91 Å². The predicted octanol–water partition coefficient (Wildman–Crippen LogP) is 3.54. The van der Waals surface area contributed by atoms with Gasteiger partial charge in [0.05, 0.1) is 23.7 Å². The van der Waals surface area contributed by atoms with Crippen molar-refractivity contribution in [3.63, 3.8) is 0 Å². The summed E-state index contributed by atoms with van der Waals surface area (Å²) in [6.45, 7) is -0.321. The van der Waals surface area contributed by atoms with E-state index in [-0.39, 0.29) is 18.9 Å². The lowest BCUT2D eigenvalue weighted by Crippen LogP contribution is -2.28. The number of anilines is 2. The van der Waals surface area contributed by atoms with Crippen LogP contribution in [0, 0.1) is 5.92 Å². The first-order valence-electron chi connectivity index (χ1n) is 8.73. The van der Waals surface area contributed by atoms with Crippen molar-refractivity contribution < 1.29 is 23.9 Å². The van der Waals surface area contributed by atoms with Crippen molar-refractivity contribution >= 4 is 52.4 Å². The summed E-state index contributed by atoms with van der Waals surface area (Å²) in [7, 11) is 1.53. The monoisotopic (exact) mass is 436 g/mol. The van der Waals surface area contributed by atoms with Crippen LogP contribution in [0.5, 0.6) is 5.75 Å². The molecule has 1 aliphatic rings. The zero-order valence-electron chi connectivity index (χ0n) is 15.5. The summed E-state index contributed by atoms with van der Waals surface area (Å²) >= 11 is 11.9. The summed E-state index contributed by atoms with van der Waals surface area (Å²) in [5.41, 5.74) is 0.957. The molecule has 2 aromatic carbocycles. The lowest BCUT2D eigenvalue weighted by Gasteiger charge is -2.17. The van der Waals surface area contributed by atoms with Crippen LogP contribution in [0.15, 0.2) is 42.5 Å². The Morgan fingerprint density at radius 2 is 2.00 bits per heavy atom. The maximum atomic E-state index is 12.3. The zero-order valence-corrected chi connectivity index (χ0v) is 17.0. The predicted molar refractivity (Wildman–Crippen MR) is 110 cm³/mol. The number of benzene rings is 2. The molecule has 0 aromatic heterocycles. The second kappa shape index (κ2) is 9.15. The fourth-order valence-electron chi connectivity index (χ4n) is 2.93. The molecule has 1 atom stereocenters. The van der Waals surface area contributed by atoms with E-state index in [9.17, 15) is 14.4 Å². The molecule has 0 unspecified atom stereocenters. The molecule has 2 aromatic rings. The van der Waals surface area contributed by atoms with Crippen molar-refractivity contribution in [1.29, 1.82) is 0 Å². The van der Waals surface area contributed by atoms with Crippen LogP contribution >= 0.6 is 23.2 Å². The van der Waals surface area contributed by atoms with E-state index in [2.05, 4.69) is 5.32 Å². The molecule has 0 aliphatic carbocycles. The minimum Gasteiger partial charge on any atom is -0.497 e. The fourth-order valence-corrected chi connectivity index (χ4v) is 3.26. The number of halogens is 2. The van der Waals surface area contributed by atoms with E-state index in [1.54, 1.807) is 36.4 Å². The van der Waals surface area contributed by atoms with Crippen molar-refractivity contribution in [1.82, 2.24) is 0 Å². The number of carbonyl (C=O) groups excluding carboxylic acids is 3. The van der Waals surface area contributed by atoms with Crippen LogP contribution in [-0.2, 0) is 19.1 Å². The number of rotatable bonds is 6. The molecule has 0 saturated carbocycles. The van der Waals surface area contributed by atoms with Crippen LogP contribution in [0.4, 0.5) is 11.4 Å². The van der Waals surface area contributed by atoms with Gasteiger partial charge in [0, 0.05) is 29.7 Å². The Kier molecular flexibility index (Phi) is 6.61. The van der Waals surface area contributed by atoms with E-state index in [0.717, 1.165) is 0 Å². The fraction of sp³-hybridized carbons (Fsp3) is 0.250. The van der Waals surface area contributed by atoms with E-state index in [1.807, 2.05) is 0 Å². The van der Waals surface area contributed by atoms with Crippen molar-refractivity contribution in [3.05, 3.63) is 52.5 Å². The molecule has 3 rings (SSSR count). The SMILES string of the molecule is COc1cccc(N2C[C@H](C(=O)OCC(=O)Nc3cc(Cl)ccc3Cl)CC2=O)c1. The number of nitrogens with one attached hydrogen (secondary N) is 1. The van der Waals surface area contributed by atoms with Crippen molar-refractivity contribution in [3.8, 4) is 5.75 Å². The number of carbonyl (C=O) groups is 3. The standard InChI is InChI=1S/C20H18Cl2N2O5/c1-28-15-4-2-3-14(9-15)24-10-12(7-19(24)26)20(27)29-11-18(25)23-17-8-13(21)5-6-16(17)22/h2-6,8-9,12H,7,10-11H2,1H3,(H,23,25)/t12-/m1/s1. The average molecular weight is 437 g/mol. The summed E-state index contributed by atoms with van der Waals surface area (Å²) in [6, 6.07) is 11.6. The van der Waals surface area contributed by atoms with Gasteiger partial charge in [0.15, 0.2) is 6.61 Å². The van der Waals surface area contributed by atoms with Crippen molar-refractivity contribution in [2.75, 3.05) is 30.5 Å². The maximum Gasteiger partial charge on any atom is 0.311 e. The molecule has 7 nitrogen and oxygen atoms in total. The van der Waals surface area contributed by atoms with Crippen molar-refractivity contribution in [2.24, 2.45) is 5.92 Å². The molecule has 1 N–H and O–H groups in total. The number of ether oxygens (including phenoxy) is 2. The molecule has 0 bridgehead atoms. The summed E-state index contributed by atoms with van der Waals surface area (Å²) in [6.07, 6.45) is 0.0117. The zero-order chi connectivity index (χ0) is 21.0. The highest BCUT2D eigenvalue weighted by Crippen LogP contribution is 2.29. The van der Waals surface area contributed by atoms with E-state index < -0.39 is 24.4 Å². The first-order valence-corrected chi connectivity index (χ1v) is 9.49. The Morgan fingerprint density at radius 1 is 1.21 bits per heavy atom. The molecule has 0 spiro atoms. The van der Waals surface area contributed by atoms with Gasteiger partial charge in [-0.15, -0.1) is 0 Å². The molecule has 29 heavy (non-hydrogen) atoms. The molecule has 1 heterocycles. The Labute approximate surface area is 177 Å². The van der Waals surface area contributed by atoms with Crippen molar-refractivity contribution in [2.45, 2.75) is 6.42 Å². The van der Waals surface area contributed by atoms with Gasteiger partial charge < -0.3 is 19.7 Å². The number of hydrogen-bond donors (Lipinski definition) is 1. The number of amides is 2. The van der Waals surface area contributed by atoms with Gasteiger partial charge in [-0.3, -0.25) is 14.4 Å². The van der Waals surface area contributed by atoms with E-state index in [4.69, 9.17) is 32.7 Å². The van der Waals surface area contributed by atoms with Crippen LogP contribution in [0.2, 0.25) is 10.0 Å². The van der Waals surface area contributed by atoms with Crippen LogP contribution in [0.1, 0.15) is 6.42 Å². The van der Waals surface area contributed by atoms with Gasteiger partial charge in [-0.2, -0.15) is 0 Å². The van der Waals surface area contributed by atoms with Gasteiger partial charge in [-0.05, 0) is 30.3 Å². The summed E-state index contributed by atoms with van der Waals surface area (Å²) in [4.78, 5) is 38.2. The van der Waals surface area contributed by atoms with Gasteiger partial charge >= 0.3 is 5.97 Å². The molecule has 1 fully saturated rings. The highest BCUT2D eigenvalue weighted by atomic mass is 35.5. The van der Waals surface area contributed by atoms with Crippen LogP contribution < -0.4 is 15.0 Å². The Hall–Kier alpha value is -2.77. The maximum absolute atomic E-state index is 12.3. The largest absolute Gasteiger partial charge is 0.497 e. The smallest absolute Gasteiger partial charge is 0.311 e. The van der Waals surface area contributed by atoms with E-state index in [1.165, 1.54) is 18.1 Å². The molecule has 0 radical (unpaired) electrons. The first kappa shape index (κ1) is 21.0. The van der Waals surface area contributed by atoms with Gasteiger partial charge in [-0.1, -0.05) is 29.3 Å². The average Bonchev–Trinajstić information content (AvgIpc) is 3.10. The minimum atomic E-state index is -0.656. The van der Waals surface area contributed by atoms with Gasteiger partial charge in [-0.25, -0.2) is 0 Å². The Balaban J connectivity index is 1.55. The second-order valence-corrected chi connectivity index (χ2v) is 7.23. The molecule has 1 aliphatic heterocycles. The van der Waals surface area contributed by atoms with E-state index in [0.29, 0.717) is 27.2 Å². The molecule has 2 amide bonds. The van der Waals surface area contributed by atoms with Crippen LogP contribution in [0.3, 0.4) is 0 Å². The molecule has 1 saturated heterocycles. The van der Waals surface area contributed by atoms with Gasteiger partial charge in [0.2, 0.25) is 5.91 Å². The summed E-state index contributed by atoms with van der Waals surface area (Å²) in [5, 5.41) is 3.25. The minimum absolute atomic E-state index is 0.0117. The summed E-state index contributed by atoms with van der Waals surface area (Å²) in [5.74, 6) is -1.42. The number of methoxy groups -OCH3 is 1. The molecule has 152 valence electrons. The topological polar surface area (TPSA) is 84.9 Å². The third-order valence-electron chi connectivity index (χ3n) is 4.37. The molecular weight excluding hydrogens is 419 g/mol. The Morgan fingerprint density at radius 3 is 2.76 bits per heavy atom. The highest BCUT2D eigenvalue weighted by Gasteiger charge is 2.36. The number of esters is 1. The third kappa shape index (κ3) is 5.19. The first-order chi connectivity index (χ1) is 13.9. The lowest BCUT2D eigenvalue weighted by atomic mass is 10.1. The Bertz CT molecular complexity index is 950. The second-order valence-electron chi connectivity index (χ2n) is 6.39.